The van der Waals surface area contributed by atoms with E-state index in [0.717, 1.165) is 68.2 Å². The molecule has 174 valence electrons. The first-order chi connectivity index (χ1) is 15.8. The molecule has 6 nitrogen and oxygen atoms in total. The number of piperidine rings is 1. The number of alkyl halides is 3. The lowest BCUT2D eigenvalue weighted by Gasteiger charge is -2.21. The van der Waals surface area contributed by atoms with Crippen LogP contribution in [0.2, 0.25) is 0 Å². The number of benzene rings is 1. The van der Waals surface area contributed by atoms with E-state index in [4.69, 9.17) is 0 Å². The van der Waals surface area contributed by atoms with Crippen LogP contribution < -0.4 is 0 Å². The maximum Gasteiger partial charge on any atom is 0.416 e. The Morgan fingerprint density at radius 2 is 1.85 bits per heavy atom. The maximum absolute atomic E-state index is 12.9. The topological polar surface area (TPSA) is 59.7 Å². The van der Waals surface area contributed by atoms with Gasteiger partial charge in [-0.2, -0.15) is 13.2 Å². The lowest BCUT2D eigenvalue weighted by molar-refractivity contribution is -0.137. The van der Waals surface area contributed by atoms with Gasteiger partial charge in [-0.25, -0.2) is 4.98 Å². The highest BCUT2D eigenvalue weighted by Crippen LogP contribution is 2.59. The average Bonchev–Trinajstić information content (AvgIpc) is 3.16. The molecule has 1 saturated carbocycles. The highest BCUT2D eigenvalue weighted by atomic mass is 19.4. The molecule has 0 N–H and O–H groups in total. The van der Waals surface area contributed by atoms with Crippen molar-refractivity contribution in [3.63, 3.8) is 0 Å². The van der Waals surface area contributed by atoms with Crippen molar-refractivity contribution in [3.8, 4) is 11.5 Å². The first-order valence-electron chi connectivity index (χ1n) is 11.3. The van der Waals surface area contributed by atoms with Gasteiger partial charge in [-0.15, -0.1) is 10.2 Å². The van der Waals surface area contributed by atoms with Gasteiger partial charge in [0.05, 0.1) is 17.5 Å². The Bertz CT molecular complexity index is 1120. The van der Waals surface area contributed by atoms with Crippen LogP contribution in [-0.4, -0.2) is 49.3 Å². The molecule has 5 rings (SSSR count). The van der Waals surface area contributed by atoms with E-state index in [2.05, 4.69) is 25.1 Å². The molecule has 2 fully saturated rings. The third kappa shape index (κ3) is 4.26. The summed E-state index contributed by atoms with van der Waals surface area (Å²) in [4.78, 5) is 11.1. The van der Waals surface area contributed by atoms with Crippen molar-refractivity contribution in [2.45, 2.75) is 44.2 Å². The van der Waals surface area contributed by atoms with Crippen LogP contribution in [0.25, 0.3) is 11.5 Å². The van der Waals surface area contributed by atoms with E-state index in [-0.39, 0.29) is 5.41 Å². The Balaban J connectivity index is 1.12. The number of unbranched alkanes of at least 4 members (excludes halogenated alkanes) is 1. The molecule has 9 heteroatoms. The Morgan fingerprint density at radius 1 is 1.06 bits per heavy atom. The lowest BCUT2D eigenvalue weighted by atomic mass is 9.94. The van der Waals surface area contributed by atoms with Crippen LogP contribution in [0.4, 0.5) is 13.2 Å². The van der Waals surface area contributed by atoms with Crippen LogP contribution in [0.15, 0.2) is 36.7 Å². The Labute approximate surface area is 190 Å². The van der Waals surface area contributed by atoms with Gasteiger partial charge in [0.2, 0.25) is 0 Å². The van der Waals surface area contributed by atoms with Crippen LogP contribution >= 0.6 is 0 Å². The number of halogens is 3. The van der Waals surface area contributed by atoms with Crippen LogP contribution in [0.5, 0.6) is 0 Å². The van der Waals surface area contributed by atoms with Crippen molar-refractivity contribution in [3.05, 3.63) is 59.3 Å². The summed E-state index contributed by atoms with van der Waals surface area (Å²) < 4.78 is 40.6. The van der Waals surface area contributed by atoms with Gasteiger partial charge in [-0.1, -0.05) is 12.1 Å². The second-order valence-corrected chi connectivity index (χ2v) is 9.37. The summed E-state index contributed by atoms with van der Waals surface area (Å²) in [5.41, 5.74) is 2.11. The second kappa shape index (κ2) is 8.20. The predicted octanol–water partition coefficient (Wildman–Crippen LogP) is 4.20. The molecule has 1 aromatic carbocycles. The number of rotatable bonds is 7. The number of hydrogen-bond donors (Lipinski definition) is 0. The smallest absolute Gasteiger partial charge is 0.313 e. The summed E-state index contributed by atoms with van der Waals surface area (Å²) in [5, 5.41) is 8.61. The second-order valence-electron chi connectivity index (χ2n) is 9.37. The van der Waals surface area contributed by atoms with Crippen LogP contribution in [0.1, 0.15) is 41.9 Å². The van der Waals surface area contributed by atoms with E-state index >= 15 is 0 Å². The minimum Gasteiger partial charge on any atom is -0.313 e. The molecular weight excluding hydrogens is 429 g/mol. The van der Waals surface area contributed by atoms with Gasteiger partial charge >= 0.3 is 6.18 Å². The minimum absolute atomic E-state index is 0.0533. The molecule has 0 unspecified atom stereocenters. The monoisotopic (exact) mass is 456 g/mol. The van der Waals surface area contributed by atoms with Crippen LogP contribution in [-0.2, 0) is 25.1 Å². The average molecular weight is 457 g/mol. The van der Waals surface area contributed by atoms with Crippen molar-refractivity contribution < 1.29 is 13.2 Å². The summed E-state index contributed by atoms with van der Waals surface area (Å²) in [6.07, 6.45) is 3.12. The Morgan fingerprint density at radius 3 is 2.55 bits per heavy atom. The number of hydrogen-bond acceptors (Lipinski definition) is 5. The summed E-state index contributed by atoms with van der Waals surface area (Å²) in [6, 6.07) is 5.80. The number of likely N-dealkylation sites (tertiary alicyclic amines) is 1. The molecule has 1 saturated heterocycles. The van der Waals surface area contributed by atoms with E-state index in [0.29, 0.717) is 11.6 Å². The molecule has 0 radical (unpaired) electrons. The first kappa shape index (κ1) is 22.0. The molecule has 0 amide bonds. The normalized spacial score (nSPS) is 22.5. The molecule has 3 aromatic rings. The van der Waals surface area contributed by atoms with Gasteiger partial charge in [-0.05, 0) is 56.3 Å². The molecule has 1 aliphatic carbocycles. The fourth-order valence-electron chi connectivity index (χ4n) is 5.12. The van der Waals surface area contributed by atoms with E-state index in [1.54, 1.807) is 24.5 Å². The van der Waals surface area contributed by atoms with Gasteiger partial charge in [0.25, 0.3) is 0 Å². The zero-order chi connectivity index (χ0) is 23.2. The van der Waals surface area contributed by atoms with Gasteiger partial charge in [0, 0.05) is 38.2 Å². The van der Waals surface area contributed by atoms with Crippen molar-refractivity contribution in [2.75, 3.05) is 19.6 Å². The van der Waals surface area contributed by atoms with E-state index in [9.17, 15) is 13.2 Å². The number of fused-ring (bicyclic) bond motifs is 1. The van der Waals surface area contributed by atoms with Crippen LogP contribution in [0.3, 0.4) is 0 Å². The Kier molecular flexibility index (Phi) is 5.47. The minimum atomic E-state index is -4.28. The van der Waals surface area contributed by atoms with Crippen molar-refractivity contribution in [2.24, 2.45) is 13.0 Å². The molecule has 3 heterocycles. The molecule has 2 aromatic heterocycles. The van der Waals surface area contributed by atoms with Gasteiger partial charge in [-0.3, -0.25) is 4.98 Å². The van der Waals surface area contributed by atoms with Crippen molar-refractivity contribution in [1.82, 2.24) is 29.6 Å². The summed E-state index contributed by atoms with van der Waals surface area (Å²) in [7, 11) is 1.95. The number of aromatic nitrogens is 5. The summed E-state index contributed by atoms with van der Waals surface area (Å²) in [5.74, 6) is 2.21. The van der Waals surface area contributed by atoms with Crippen molar-refractivity contribution >= 4 is 0 Å². The third-order valence-electron chi connectivity index (χ3n) is 7.10. The number of aryl methyl sites for hydroxylation is 2. The Hall–Kier alpha value is -2.81. The van der Waals surface area contributed by atoms with Gasteiger partial charge in [0.15, 0.2) is 5.82 Å². The van der Waals surface area contributed by atoms with E-state index < -0.39 is 11.7 Å². The SMILES string of the molecule is Cc1cnc(-c2nnc(CCCCN3C[C@@H]4C[C@]4(c4ccc(C(F)(F)F)cc4)C3)n2C)cn1. The first-order valence-corrected chi connectivity index (χ1v) is 11.3. The molecule has 33 heavy (non-hydrogen) atoms. The molecule has 0 bridgehead atoms. The molecule has 2 aliphatic rings. The highest BCUT2D eigenvalue weighted by molar-refractivity contribution is 5.47. The zero-order valence-corrected chi connectivity index (χ0v) is 18.8. The fraction of sp³-hybridized carbons (Fsp3) is 0.500. The predicted molar refractivity (Wildman–Crippen MR) is 117 cm³/mol. The van der Waals surface area contributed by atoms with Gasteiger partial charge in [0.1, 0.15) is 11.5 Å². The van der Waals surface area contributed by atoms with Crippen molar-refractivity contribution in [1.29, 1.82) is 0 Å². The fourth-order valence-corrected chi connectivity index (χ4v) is 5.12. The number of nitrogens with zero attached hydrogens (tertiary/aromatic N) is 6. The highest BCUT2D eigenvalue weighted by Gasteiger charge is 2.60. The standard InChI is InChI=1S/C24H27F3N6/c1-16-12-29-20(13-28-16)22-31-30-21(32(22)2)5-3-4-10-33-14-19-11-23(19,15-33)17-6-8-18(9-7-17)24(25,26)27/h6-9,12-13,19H,3-5,10-11,14-15H2,1-2H3/t19-,23+/m0/s1. The lowest BCUT2D eigenvalue weighted by Crippen LogP contribution is -2.27. The molecule has 0 spiro atoms. The molecular formula is C24H27F3N6. The summed E-state index contributed by atoms with van der Waals surface area (Å²) in [6.45, 7) is 4.85. The molecule has 2 atom stereocenters. The maximum atomic E-state index is 12.9. The third-order valence-corrected chi connectivity index (χ3v) is 7.10. The zero-order valence-electron chi connectivity index (χ0n) is 18.8. The quantitative estimate of drug-likeness (QED) is 0.499. The van der Waals surface area contributed by atoms with E-state index in [1.807, 2.05) is 18.5 Å². The van der Waals surface area contributed by atoms with Gasteiger partial charge < -0.3 is 9.47 Å². The molecule has 1 aliphatic heterocycles. The van der Waals surface area contributed by atoms with E-state index in [1.165, 1.54) is 12.1 Å². The largest absolute Gasteiger partial charge is 0.416 e. The van der Waals surface area contributed by atoms with Crippen LogP contribution in [0, 0.1) is 12.8 Å². The summed E-state index contributed by atoms with van der Waals surface area (Å²) >= 11 is 0.